The summed E-state index contributed by atoms with van der Waals surface area (Å²) in [6.45, 7) is 5.62. The van der Waals surface area contributed by atoms with Gasteiger partial charge in [-0.1, -0.05) is 23.8 Å². The number of rotatable bonds is 5. The van der Waals surface area contributed by atoms with Gasteiger partial charge in [0, 0.05) is 50.6 Å². The number of anilines is 1. The van der Waals surface area contributed by atoms with Crippen molar-refractivity contribution in [3.05, 3.63) is 76.7 Å². The third-order valence-corrected chi connectivity index (χ3v) is 5.56. The summed E-state index contributed by atoms with van der Waals surface area (Å²) < 4.78 is 29.1. The van der Waals surface area contributed by atoms with Gasteiger partial charge in [-0.3, -0.25) is 4.90 Å². The standard InChI is InChI=1S/C22H22ClF2N5.ClH/c1-16-17(15-27-30(16)22-19(23)5-2-8-26-22)4-3-9-28-10-12-29(13-11-28)21-14-18(24)6-7-20(21)25;/h2-8,14-15H,9-13H2,1H3;1H. The lowest BCUT2D eigenvalue weighted by Crippen LogP contribution is -2.46. The Bertz CT molecular complexity index is 1060. The van der Waals surface area contributed by atoms with E-state index in [1.165, 1.54) is 12.1 Å². The predicted molar refractivity (Wildman–Crippen MR) is 122 cm³/mol. The number of benzene rings is 1. The van der Waals surface area contributed by atoms with Crippen molar-refractivity contribution in [1.82, 2.24) is 19.7 Å². The molecule has 9 heteroatoms. The lowest BCUT2D eigenvalue weighted by Gasteiger charge is -2.35. The minimum atomic E-state index is -0.417. The Balaban J connectivity index is 0.00000272. The molecule has 1 saturated heterocycles. The highest BCUT2D eigenvalue weighted by molar-refractivity contribution is 6.32. The zero-order valence-electron chi connectivity index (χ0n) is 17.0. The highest BCUT2D eigenvalue weighted by Gasteiger charge is 2.19. The third kappa shape index (κ3) is 5.23. The molecule has 0 unspecified atom stereocenters. The van der Waals surface area contributed by atoms with Crippen molar-refractivity contribution in [2.24, 2.45) is 0 Å². The molecular weight excluding hydrogens is 443 g/mol. The average molecular weight is 466 g/mol. The SMILES string of the molecule is Cc1c(C=CCN2CCN(c3cc(F)ccc3F)CC2)cnn1-c1ncccc1Cl.Cl. The van der Waals surface area contributed by atoms with E-state index in [0.717, 1.165) is 37.0 Å². The van der Waals surface area contributed by atoms with E-state index in [9.17, 15) is 8.78 Å². The minimum Gasteiger partial charge on any atom is -0.367 e. The van der Waals surface area contributed by atoms with Crippen LogP contribution in [0.2, 0.25) is 5.02 Å². The fourth-order valence-electron chi connectivity index (χ4n) is 3.56. The molecule has 0 spiro atoms. The first-order chi connectivity index (χ1) is 14.5. The molecule has 1 aromatic carbocycles. The first-order valence-corrected chi connectivity index (χ1v) is 10.1. The summed E-state index contributed by atoms with van der Waals surface area (Å²) in [6.07, 6.45) is 7.61. The highest BCUT2D eigenvalue weighted by atomic mass is 35.5. The zero-order valence-corrected chi connectivity index (χ0v) is 18.6. The van der Waals surface area contributed by atoms with Crippen LogP contribution in [0, 0.1) is 18.6 Å². The Labute approximate surface area is 191 Å². The maximum absolute atomic E-state index is 14.0. The van der Waals surface area contributed by atoms with Crippen LogP contribution >= 0.6 is 24.0 Å². The maximum atomic E-state index is 14.0. The van der Waals surface area contributed by atoms with E-state index in [0.29, 0.717) is 29.6 Å². The van der Waals surface area contributed by atoms with Crippen LogP contribution in [0.4, 0.5) is 14.5 Å². The first-order valence-electron chi connectivity index (χ1n) is 9.77. The monoisotopic (exact) mass is 465 g/mol. The Morgan fingerprint density at radius 2 is 1.90 bits per heavy atom. The number of halogens is 4. The summed E-state index contributed by atoms with van der Waals surface area (Å²) in [5.74, 6) is -0.193. The van der Waals surface area contributed by atoms with E-state index in [1.54, 1.807) is 29.2 Å². The second-order valence-electron chi connectivity index (χ2n) is 7.19. The van der Waals surface area contributed by atoms with E-state index < -0.39 is 5.82 Å². The second kappa shape index (κ2) is 10.2. The van der Waals surface area contributed by atoms with Crippen molar-refractivity contribution in [3.63, 3.8) is 0 Å². The molecule has 3 heterocycles. The normalized spacial score (nSPS) is 14.8. The van der Waals surface area contributed by atoms with Crippen molar-refractivity contribution in [2.45, 2.75) is 6.92 Å². The zero-order chi connectivity index (χ0) is 21.1. The average Bonchev–Trinajstić information content (AvgIpc) is 3.11. The molecule has 3 aromatic rings. The fraction of sp³-hybridized carbons (Fsp3) is 0.273. The molecule has 0 atom stereocenters. The molecule has 164 valence electrons. The van der Waals surface area contributed by atoms with Crippen molar-refractivity contribution >= 4 is 35.8 Å². The van der Waals surface area contributed by atoms with Gasteiger partial charge in [0.05, 0.1) is 22.6 Å². The number of pyridine rings is 1. The van der Waals surface area contributed by atoms with Crippen LogP contribution in [0.25, 0.3) is 11.9 Å². The van der Waals surface area contributed by atoms with Gasteiger partial charge < -0.3 is 4.90 Å². The smallest absolute Gasteiger partial charge is 0.172 e. The van der Waals surface area contributed by atoms with Gasteiger partial charge in [0.2, 0.25) is 0 Å². The molecule has 0 aliphatic carbocycles. The molecule has 4 rings (SSSR count). The number of aromatic nitrogens is 3. The van der Waals surface area contributed by atoms with E-state index in [4.69, 9.17) is 11.6 Å². The number of piperazine rings is 1. The largest absolute Gasteiger partial charge is 0.367 e. The topological polar surface area (TPSA) is 37.2 Å². The van der Waals surface area contributed by atoms with E-state index in [-0.39, 0.29) is 18.2 Å². The Morgan fingerprint density at radius 3 is 2.65 bits per heavy atom. The molecule has 2 aromatic heterocycles. The molecule has 0 bridgehead atoms. The Kier molecular flexibility index (Phi) is 7.64. The summed E-state index contributed by atoms with van der Waals surface area (Å²) in [5, 5.41) is 4.95. The Morgan fingerprint density at radius 1 is 1.13 bits per heavy atom. The van der Waals surface area contributed by atoms with Gasteiger partial charge in [0.15, 0.2) is 5.82 Å². The fourth-order valence-corrected chi connectivity index (χ4v) is 3.76. The summed E-state index contributed by atoms with van der Waals surface area (Å²) >= 11 is 6.22. The van der Waals surface area contributed by atoms with Gasteiger partial charge >= 0.3 is 0 Å². The lowest BCUT2D eigenvalue weighted by atomic mass is 10.2. The number of hydrogen-bond acceptors (Lipinski definition) is 4. The summed E-state index contributed by atoms with van der Waals surface area (Å²) in [5.41, 5.74) is 2.29. The lowest BCUT2D eigenvalue weighted by molar-refractivity contribution is 0.283. The quantitative estimate of drug-likeness (QED) is 0.543. The molecule has 5 nitrogen and oxygen atoms in total. The van der Waals surface area contributed by atoms with Gasteiger partial charge in [-0.05, 0) is 31.2 Å². The molecule has 1 fully saturated rings. The van der Waals surface area contributed by atoms with Gasteiger partial charge in [-0.2, -0.15) is 5.10 Å². The number of nitrogens with zero attached hydrogens (tertiary/aromatic N) is 5. The van der Waals surface area contributed by atoms with Crippen LogP contribution in [0.1, 0.15) is 11.3 Å². The number of hydrogen-bond donors (Lipinski definition) is 0. The molecule has 1 aliphatic rings. The van der Waals surface area contributed by atoms with Crippen LogP contribution in [-0.2, 0) is 0 Å². The van der Waals surface area contributed by atoms with E-state index >= 15 is 0 Å². The maximum Gasteiger partial charge on any atom is 0.172 e. The molecule has 0 radical (unpaired) electrons. The second-order valence-corrected chi connectivity index (χ2v) is 7.60. The first kappa shape index (κ1) is 23.2. The minimum absolute atomic E-state index is 0. The van der Waals surface area contributed by atoms with Crippen molar-refractivity contribution in [1.29, 1.82) is 0 Å². The molecule has 0 saturated carbocycles. The van der Waals surface area contributed by atoms with Crippen LogP contribution in [0.15, 0.2) is 48.8 Å². The van der Waals surface area contributed by atoms with Crippen molar-refractivity contribution < 1.29 is 8.78 Å². The predicted octanol–water partition coefficient (Wildman–Crippen LogP) is 4.76. The van der Waals surface area contributed by atoms with Crippen molar-refractivity contribution in [3.8, 4) is 5.82 Å². The van der Waals surface area contributed by atoms with Gasteiger partial charge in [-0.25, -0.2) is 18.4 Å². The Hall–Kier alpha value is -2.48. The van der Waals surface area contributed by atoms with Crippen LogP contribution in [-0.4, -0.2) is 52.4 Å². The van der Waals surface area contributed by atoms with Gasteiger partial charge in [0.25, 0.3) is 0 Å². The summed E-state index contributed by atoms with van der Waals surface area (Å²) in [6, 6.07) is 7.16. The van der Waals surface area contributed by atoms with Crippen LogP contribution in [0.5, 0.6) is 0 Å². The molecule has 0 amide bonds. The molecule has 31 heavy (non-hydrogen) atoms. The summed E-state index contributed by atoms with van der Waals surface area (Å²) in [4.78, 5) is 8.47. The summed E-state index contributed by atoms with van der Waals surface area (Å²) in [7, 11) is 0. The molecule has 0 N–H and O–H groups in total. The van der Waals surface area contributed by atoms with Crippen molar-refractivity contribution in [2.75, 3.05) is 37.6 Å². The third-order valence-electron chi connectivity index (χ3n) is 5.27. The van der Waals surface area contributed by atoms with Crippen LogP contribution < -0.4 is 4.90 Å². The highest BCUT2D eigenvalue weighted by Crippen LogP contribution is 2.22. The van der Waals surface area contributed by atoms with Gasteiger partial charge in [0.1, 0.15) is 11.6 Å². The van der Waals surface area contributed by atoms with Crippen LogP contribution in [0.3, 0.4) is 0 Å². The molecular formula is C22H23Cl2F2N5. The van der Waals surface area contributed by atoms with Gasteiger partial charge in [-0.15, -0.1) is 12.4 Å². The van der Waals surface area contributed by atoms with E-state index in [1.807, 2.05) is 17.9 Å². The molecule has 1 aliphatic heterocycles. The van der Waals surface area contributed by atoms with E-state index in [2.05, 4.69) is 21.1 Å².